The van der Waals surface area contributed by atoms with E-state index in [0.29, 0.717) is 0 Å². The largest absolute Gasteiger partial charge is 0.457 e. The minimum absolute atomic E-state index is 0.406. The van der Waals surface area contributed by atoms with E-state index in [1.165, 1.54) is 103 Å². The van der Waals surface area contributed by atoms with E-state index in [1.54, 1.807) is 0 Å². The fraction of sp³-hybridized carbons (Fsp3) is 1.00. The Kier molecular flexibility index (Phi) is 29.5. The summed E-state index contributed by atoms with van der Waals surface area (Å²) >= 11 is 0. The molecule has 5 heteroatoms. The van der Waals surface area contributed by atoms with Crippen LogP contribution in [0, 0.1) is 0 Å². The molecule has 138 valence electrons. The zero-order valence-electron chi connectivity index (χ0n) is 16.0. The monoisotopic (exact) mass is 328 g/mol. The van der Waals surface area contributed by atoms with Crippen LogP contribution in [0.15, 0.2) is 0 Å². The lowest BCUT2D eigenvalue weighted by Gasteiger charge is -2.03. The van der Waals surface area contributed by atoms with Crippen molar-refractivity contribution in [2.24, 2.45) is 0 Å². The second-order valence-electron chi connectivity index (χ2n) is 6.41. The fourth-order valence-corrected chi connectivity index (χ4v) is 2.66. The van der Waals surface area contributed by atoms with Crippen LogP contribution < -0.4 is 0 Å². The molecule has 0 bridgehead atoms. The number of hydrogen-bond acceptors (Lipinski definition) is 3. The number of hydrogen-bond donors (Lipinski definition) is 2. The predicted octanol–water partition coefficient (Wildman–Crippen LogP) is 4.79. The summed E-state index contributed by atoms with van der Waals surface area (Å²) in [5.41, 5.74) is 0. The Morgan fingerprint density at radius 2 is 0.696 bits per heavy atom. The minimum atomic E-state index is -0.406. The van der Waals surface area contributed by atoms with Crippen LogP contribution in [0.25, 0.3) is 0 Å². The third kappa shape index (κ3) is 30.5. The summed E-state index contributed by atoms with van der Waals surface area (Å²) in [7, 11) is -0.812. The standard InChI is InChI=1S/C18H38.B2H4O3/c1-3-5-7-9-11-13-15-17-18-16-14-12-10-8-6-4-2;3-1-5-2-4/h3-18H2,1-2H3;1-4H. The van der Waals surface area contributed by atoms with Gasteiger partial charge < -0.3 is 14.6 Å². The average Bonchev–Trinajstić information content (AvgIpc) is 2.56. The van der Waals surface area contributed by atoms with Crippen LogP contribution in [0.5, 0.6) is 0 Å². The second-order valence-corrected chi connectivity index (χ2v) is 6.41. The van der Waals surface area contributed by atoms with Crippen LogP contribution in [0.1, 0.15) is 117 Å². The highest BCUT2D eigenvalue weighted by Gasteiger charge is 1.93. The maximum Gasteiger partial charge on any atom is 0.421 e. The van der Waals surface area contributed by atoms with E-state index in [0.717, 1.165) is 0 Å². The molecule has 0 amide bonds. The van der Waals surface area contributed by atoms with Gasteiger partial charge in [-0.15, -0.1) is 0 Å². The third-order valence-electron chi connectivity index (χ3n) is 4.14. The maximum absolute atomic E-state index is 7.68. The van der Waals surface area contributed by atoms with Crippen molar-refractivity contribution in [3.05, 3.63) is 0 Å². The maximum atomic E-state index is 7.68. The number of rotatable bonds is 17. The van der Waals surface area contributed by atoms with Crippen molar-refractivity contribution in [3.8, 4) is 0 Å². The molecule has 2 N–H and O–H groups in total. The molecule has 0 aromatic carbocycles. The molecular weight excluding hydrogens is 286 g/mol. The SMILES string of the molecule is CCCCCCCCCCCCCCCCCC.OBOBO. The van der Waals surface area contributed by atoms with Gasteiger partial charge in [-0.1, -0.05) is 117 Å². The highest BCUT2D eigenvalue weighted by atomic mass is 16.5. The van der Waals surface area contributed by atoms with Gasteiger partial charge in [-0.25, -0.2) is 0 Å². The molecule has 0 radical (unpaired) electrons. The minimum Gasteiger partial charge on any atom is -0.457 e. The van der Waals surface area contributed by atoms with E-state index in [2.05, 4.69) is 18.4 Å². The lowest BCUT2D eigenvalue weighted by atomic mass is 10.0. The van der Waals surface area contributed by atoms with Crippen molar-refractivity contribution in [2.75, 3.05) is 0 Å². The van der Waals surface area contributed by atoms with Gasteiger partial charge in [-0.3, -0.25) is 0 Å². The topological polar surface area (TPSA) is 49.7 Å². The molecule has 0 rings (SSSR count). The second kappa shape index (κ2) is 26.9. The first-order valence-corrected chi connectivity index (χ1v) is 10.1. The molecule has 0 saturated heterocycles. The summed E-state index contributed by atoms with van der Waals surface area (Å²) in [5.74, 6) is 0. The fourth-order valence-electron chi connectivity index (χ4n) is 2.66. The van der Waals surface area contributed by atoms with Crippen LogP contribution in [0.2, 0.25) is 0 Å². The van der Waals surface area contributed by atoms with Crippen molar-refractivity contribution < 1.29 is 14.6 Å². The summed E-state index contributed by atoms with van der Waals surface area (Å²) in [4.78, 5) is 0. The molecule has 0 atom stereocenters. The predicted molar refractivity (Wildman–Crippen MR) is 105 cm³/mol. The molecule has 0 unspecified atom stereocenters. The van der Waals surface area contributed by atoms with Gasteiger partial charge in [-0.2, -0.15) is 0 Å². The van der Waals surface area contributed by atoms with E-state index < -0.39 is 15.4 Å². The van der Waals surface area contributed by atoms with Gasteiger partial charge in [-0.05, 0) is 0 Å². The Hall–Kier alpha value is 0.00987. The van der Waals surface area contributed by atoms with Gasteiger partial charge in [0, 0.05) is 0 Å². The Labute approximate surface area is 147 Å². The van der Waals surface area contributed by atoms with Crippen LogP contribution in [0.3, 0.4) is 0 Å². The van der Waals surface area contributed by atoms with Crippen LogP contribution in [0.4, 0.5) is 0 Å². The first-order chi connectivity index (χ1) is 11.3. The molecule has 3 nitrogen and oxygen atoms in total. The Bertz CT molecular complexity index is 166. The normalized spacial score (nSPS) is 10.1. The molecule has 0 aliphatic rings. The van der Waals surface area contributed by atoms with Crippen molar-refractivity contribution in [2.45, 2.75) is 117 Å². The molecule has 0 aromatic heterocycles. The molecule has 0 spiro atoms. The summed E-state index contributed by atoms with van der Waals surface area (Å²) in [6, 6.07) is 0. The Balaban J connectivity index is 0. The molecule has 0 aromatic rings. The van der Waals surface area contributed by atoms with E-state index in [1.807, 2.05) is 0 Å². The molecule has 0 saturated carbocycles. The smallest absolute Gasteiger partial charge is 0.421 e. The molecule has 0 fully saturated rings. The third-order valence-corrected chi connectivity index (χ3v) is 4.14. The molecule has 0 aliphatic carbocycles. The summed E-state index contributed by atoms with van der Waals surface area (Å²) in [6.07, 6.45) is 23.4. The van der Waals surface area contributed by atoms with Crippen molar-refractivity contribution in [1.82, 2.24) is 0 Å². The lowest BCUT2D eigenvalue weighted by Crippen LogP contribution is -2.00. The molecule has 0 aliphatic heterocycles. The van der Waals surface area contributed by atoms with Gasteiger partial charge in [0.2, 0.25) is 0 Å². The van der Waals surface area contributed by atoms with Crippen molar-refractivity contribution >= 4 is 15.4 Å². The van der Waals surface area contributed by atoms with Crippen LogP contribution in [-0.4, -0.2) is 25.4 Å². The summed E-state index contributed by atoms with van der Waals surface area (Å²) in [5, 5.41) is 15.4. The van der Waals surface area contributed by atoms with Gasteiger partial charge >= 0.3 is 15.4 Å². The van der Waals surface area contributed by atoms with Crippen molar-refractivity contribution in [1.29, 1.82) is 0 Å². The average molecular weight is 328 g/mol. The first-order valence-electron chi connectivity index (χ1n) is 10.1. The Morgan fingerprint density at radius 1 is 0.478 bits per heavy atom. The molecule has 0 heterocycles. The van der Waals surface area contributed by atoms with Crippen LogP contribution >= 0.6 is 0 Å². The van der Waals surface area contributed by atoms with E-state index in [-0.39, 0.29) is 0 Å². The van der Waals surface area contributed by atoms with E-state index in [9.17, 15) is 0 Å². The van der Waals surface area contributed by atoms with E-state index >= 15 is 0 Å². The summed E-state index contributed by atoms with van der Waals surface area (Å²) in [6.45, 7) is 4.59. The molecular formula is C18H42B2O3. The zero-order chi connectivity index (χ0) is 17.4. The van der Waals surface area contributed by atoms with Gasteiger partial charge in [0.05, 0.1) is 0 Å². The first kappa shape index (κ1) is 25.3. The van der Waals surface area contributed by atoms with Crippen LogP contribution in [-0.2, 0) is 4.57 Å². The van der Waals surface area contributed by atoms with E-state index in [4.69, 9.17) is 10.0 Å². The number of unbranched alkanes of at least 4 members (excludes halogenated alkanes) is 15. The zero-order valence-corrected chi connectivity index (χ0v) is 16.0. The van der Waals surface area contributed by atoms with Crippen molar-refractivity contribution in [3.63, 3.8) is 0 Å². The highest BCUT2D eigenvalue weighted by Crippen LogP contribution is 2.13. The highest BCUT2D eigenvalue weighted by molar-refractivity contribution is 6.32. The van der Waals surface area contributed by atoms with Gasteiger partial charge in [0.1, 0.15) is 0 Å². The lowest BCUT2D eigenvalue weighted by molar-refractivity contribution is 0.408. The Morgan fingerprint density at radius 3 is 0.826 bits per heavy atom. The van der Waals surface area contributed by atoms with Gasteiger partial charge in [0.15, 0.2) is 0 Å². The molecule has 23 heavy (non-hydrogen) atoms. The quantitative estimate of drug-likeness (QED) is 0.298. The summed E-state index contributed by atoms with van der Waals surface area (Å²) < 4.78 is 3.94. The van der Waals surface area contributed by atoms with Gasteiger partial charge in [0.25, 0.3) is 0 Å².